The predicted molar refractivity (Wildman–Crippen MR) is 56.3 cm³/mol. The lowest BCUT2D eigenvalue weighted by Crippen LogP contribution is -2.20. The summed E-state index contributed by atoms with van der Waals surface area (Å²) in [6.07, 6.45) is -3.39. The second-order valence-corrected chi connectivity index (χ2v) is 3.81. The van der Waals surface area contributed by atoms with Crippen LogP contribution in [0.2, 0.25) is 0 Å². The maximum atomic E-state index is 12.1. The van der Waals surface area contributed by atoms with Crippen LogP contribution in [0.25, 0.3) is 0 Å². The first-order valence-electron chi connectivity index (χ1n) is 3.95. The number of pyridine rings is 1. The lowest BCUT2D eigenvalue weighted by molar-refractivity contribution is -0.275. The van der Waals surface area contributed by atoms with Crippen LogP contribution in [0.5, 0.6) is 5.75 Å². The maximum Gasteiger partial charge on any atom is 0.573 e. The third kappa shape index (κ3) is 3.20. The summed E-state index contributed by atoms with van der Waals surface area (Å²) in [5.74, 6) is -0.246. The second kappa shape index (κ2) is 4.52. The number of nitrogens with zero attached hydrogens (tertiary/aromatic N) is 1. The molecule has 0 amide bonds. The molecule has 0 saturated carbocycles. The zero-order valence-electron chi connectivity index (χ0n) is 7.73. The minimum atomic E-state index is -4.71. The lowest BCUT2D eigenvalue weighted by atomic mass is 10.2. The van der Waals surface area contributed by atoms with Crippen LogP contribution < -0.4 is 10.5 Å². The first-order valence-corrected chi connectivity index (χ1v) is 5.03. The summed E-state index contributed by atoms with van der Waals surface area (Å²) >= 11 is 1.82. The van der Waals surface area contributed by atoms with Gasteiger partial charge in [-0.15, -0.1) is 13.2 Å². The molecule has 0 atom stereocenters. The number of rotatable bonds is 2. The van der Waals surface area contributed by atoms with Gasteiger partial charge in [-0.3, -0.25) is 0 Å². The zero-order valence-corrected chi connectivity index (χ0v) is 9.89. The van der Waals surface area contributed by atoms with Gasteiger partial charge in [-0.05, 0) is 29.5 Å². The molecule has 0 saturated heterocycles. The molecule has 15 heavy (non-hydrogen) atoms. The highest BCUT2D eigenvalue weighted by molar-refractivity contribution is 14.1. The smallest absolute Gasteiger partial charge is 0.405 e. The van der Waals surface area contributed by atoms with E-state index in [1.807, 2.05) is 22.6 Å². The average molecular weight is 332 g/mol. The first-order chi connectivity index (χ1) is 6.85. The maximum absolute atomic E-state index is 12.1. The zero-order chi connectivity index (χ0) is 11.6. The minimum absolute atomic E-state index is 0.0433. The Morgan fingerprint density at radius 2 is 2.13 bits per heavy atom. The third-order valence-corrected chi connectivity index (χ3v) is 2.60. The lowest BCUT2D eigenvalue weighted by Gasteiger charge is -2.15. The number of aromatic nitrogens is 1. The normalized spacial score (nSPS) is 11.6. The molecule has 3 nitrogen and oxygen atoms in total. The SMILES string of the molecule is Cc1cnc(I)c(CN)c1OC(F)(F)F. The molecule has 7 heteroatoms. The van der Waals surface area contributed by atoms with Crippen LogP contribution in [0.3, 0.4) is 0 Å². The fraction of sp³-hybridized carbons (Fsp3) is 0.375. The van der Waals surface area contributed by atoms with Gasteiger partial charge in [0.2, 0.25) is 0 Å². The van der Waals surface area contributed by atoms with Crippen molar-refractivity contribution < 1.29 is 17.9 Å². The Bertz CT molecular complexity index is 368. The van der Waals surface area contributed by atoms with E-state index in [4.69, 9.17) is 5.73 Å². The number of hydrogen-bond donors (Lipinski definition) is 1. The van der Waals surface area contributed by atoms with Crippen LogP contribution in [0, 0.1) is 10.6 Å². The van der Waals surface area contributed by atoms with Gasteiger partial charge in [0.05, 0.1) is 0 Å². The molecule has 1 aromatic rings. The van der Waals surface area contributed by atoms with E-state index in [1.165, 1.54) is 13.1 Å². The highest BCUT2D eigenvalue weighted by Crippen LogP contribution is 2.31. The van der Waals surface area contributed by atoms with Gasteiger partial charge in [0.15, 0.2) is 0 Å². The molecule has 0 spiro atoms. The van der Waals surface area contributed by atoms with E-state index in [2.05, 4.69) is 9.72 Å². The summed E-state index contributed by atoms with van der Waals surface area (Å²) in [6.45, 7) is 1.45. The van der Waals surface area contributed by atoms with Crippen molar-refractivity contribution >= 4 is 22.6 Å². The Kier molecular flexibility index (Phi) is 3.77. The molecular formula is C8H8F3IN2O. The fourth-order valence-electron chi connectivity index (χ4n) is 1.06. The molecule has 1 aromatic heterocycles. The van der Waals surface area contributed by atoms with E-state index in [0.29, 0.717) is 9.26 Å². The van der Waals surface area contributed by atoms with Crippen molar-refractivity contribution in [2.75, 3.05) is 0 Å². The predicted octanol–water partition coefficient (Wildman–Crippen LogP) is 2.35. The van der Waals surface area contributed by atoms with Crippen molar-refractivity contribution in [1.29, 1.82) is 0 Å². The quantitative estimate of drug-likeness (QED) is 0.668. The van der Waals surface area contributed by atoms with Crippen molar-refractivity contribution in [1.82, 2.24) is 4.98 Å². The Hall–Kier alpha value is -0.570. The molecule has 0 unspecified atom stereocenters. The Labute approximate surface area is 98.0 Å². The van der Waals surface area contributed by atoms with Gasteiger partial charge < -0.3 is 10.5 Å². The summed E-state index contributed by atoms with van der Waals surface area (Å²) in [6, 6.07) is 0. The molecule has 0 bridgehead atoms. The van der Waals surface area contributed by atoms with Gasteiger partial charge in [-0.25, -0.2) is 4.98 Å². The van der Waals surface area contributed by atoms with Crippen LogP contribution in [0.1, 0.15) is 11.1 Å². The van der Waals surface area contributed by atoms with Crippen LogP contribution in [0.15, 0.2) is 6.20 Å². The van der Waals surface area contributed by atoms with Gasteiger partial charge >= 0.3 is 6.36 Å². The number of ether oxygens (including phenoxy) is 1. The monoisotopic (exact) mass is 332 g/mol. The van der Waals surface area contributed by atoms with Gasteiger partial charge in [0.1, 0.15) is 9.45 Å². The van der Waals surface area contributed by atoms with E-state index in [9.17, 15) is 13.2 Å². The molecule has 2 N–H and O–H groups in total. The van der Waals surface area contributed by atoms with Gasteiger partial charge in [0.25, 0.3) is 0 Å². The Balaban J connectivity index is 3.20. The molecule has 1 rings (SSSR count). The molecule has 0 aromatic carbocycles. The van der Waals surface area contributed by atoms with Crippen molar-refractivity contribution in [2.45, 2.75) is 19.8 Å². The number of alkyl halides is 3. The third-order valence-electron chi connectivity index (χ3n) is 1.67. The Morgan fingerprint density at radius 3 is 2.60 bits per heavy atom. The molecule has 0 aliphatic heterocycles. The first kappa shape index (κ1) is 12.5. The molecule has 0 aliphatic carbocycles. The molecule has 0 fully saturated rings. The number of halogens is 4. The highest BCUT2D eigenvalue weighted by atomic mass is 127. The summed E-state index contributed by atoms with van der Waals surface area (Å²) in [4.78, 5) is 3.90. The molecule has 0 radical (unpaired) electrons. The largest absolute Gasteiger partial charge is 0.573 e. The van der Waals surface area contributed by atoms with E-state index in [0.717, 1.165) is 0 Å². The van der Waals surface area contributed by atoms with Crippen LogP contribution in [-0.2, 0) is 6.54 Å². The summed E-state index contributed by atoms with van der Waals surface area (Å²) in [5.41, 5.74) is 5.93. The average Bonchev–Trinajstić information content (AvgIpc) is 2.10. The van der Waals surface area contributed by atoms with Gasteiger partial charge in [0, 0.05) is 23.9 Å². The molecular weight excluding hydrogens is 324 g/mol. The van der Waals surface area contributed by atoms with Crippen LogP contribution in [0.4, 0.5) is 13.2 Å². The van der Waals surface area contributed by atoms with E-state index >= 15 is 0 Å². The van der Waals surface area contributed by atoms with E-state index < -0.39 is 6.36 Å². The summed E-state index contributed by atoms with van der Waals surface area (Å²) in [5, 5.41) is 0. The summed E-state index contributed by atoms with van der Waals surface area (Å²) in [7, 11) is 0. The number of hydrogen-bond acceptors (Lipinski definition) is 3. The number of nitrogens with two attached hydrogens (primary N) is 1. The Morgan fingerprint density at radius 1 is 1.53 bits per heavy atom. The van der Waals surface area contributed by atoms with Gasteiger partial charge in [-0.2, -0.15) is 0 Å². The second-order valence-electron chi connectivity index (χ2n) is 2.79. The van der Waals surface area contributed by atoms with E-state index in [-0.39, 0.29) is 17.9 Å². The number of aryl methyl sites for hydroxylation is 1. The highest BCUT2D eigenvalue weighted by Gasteiger charge is 2.33. The topological polar surface area (TPSA) is 48.1 Å². The van der Waals surface area contributed by atoms with Crippen LogP contribution in [-0.4, -0.2) is 11.3 Å². The molecule has 1 heterocycles. The van der Waals surface area contributed by atoms with Crippen molar-refractivity contribution in [2.24, 2.45) is 5.73 Å². The van der Waals surface area contributed by atoms with E-state index in [1.54, 1.807) is 0 Å². The molecule has 84 valence electrons. The standard InChI is InChI=1S/C8H8F3IN2O/c1-4-3-14-7(12)5(2-13)6(4)15-8(9,10)11/h3H,2,13H2,1H3. The van der Waals surface area contributed by atoms with Crippen LogP contribution >= 0.6 is 22.6 Å². The molecule has 0 aliphatic rings. The minimum Gasteiger partial charge on any atom is -0.405 e. The van der Waals surface area contributed by atoms with Crippen molar-refractivity contribution in [3.05, 3.63) is 21.0 Å². The fourth-order valence-corrected chi connectivity index (χ4v) is 1.66. The van der Waals surface area contributed by atoms with Gasteiger partial charge in [-0.1, -0.05) is 0 Å². The van der Waals surface area contributed by atoms with Crippen molar-refractivity contribution in [3.8, 4) is 5.75 Å². The summed E-state index contributed by atoms with van der Waals surface area (Å²) < 4.78 is 40.6. The van der Waals surface area contributed by atoms with Crippen molar-refractivity contribution in [3.63, 3.8) is 0 Å².